The van der Waals surface area contributed by atoms with Crippen molar-refractivity contribution >= 4 is 22.1 Å². The SMILES string of the molecule is CCOC(=O)[C@@H]1OC(=O)N(S(=O)(=O)c2ccc(C)cc2)[C@@H]1c1ccc(OCc2ccccc2)cc1. The first kappa shape index (κ1) is 24.3. The minimum atomic E-state index is -4.32. The van der Waals surface area contributed by atoms with Crippen molar-refractivity contribution in [3.63, 3.8) is 0 Å². The van der Waals surface area contributed by atoms with Gasteiger partial charge in [0.1, 0.15) is 18.4 Å². The molecule has 0 spiro atoms. The second kappa shape index (κ2) is 10.2. The Labute approximate surface area is 204 Å². The second-order valence-corrected chi connectivity index (χ2v) is 9.77. The molecule has 1 amide bonds. The summed E-state index contributed by atoms with van der Waals surface area (Å²) in [7, 11) is -4.32. The Morgan fingerprint density at radius 2 is 1.63 bits per heavy atom. The van der Waals surface area contributed by atoms with E-state index in [1.807, 2.05) is 37.3 Å². The number of hydrogen-bond acceptors (Lipinski definition) is 7. The molecule has 2 atom stereocenters. The van der Waals surface area contributed by atoms with E-state index >= 15 is 0 Å². The molecule has 0 bridgehead atoms. The van der Waals surface area contributed by atoms with Gasteiger partial charge in [0.2, 0.25) is 6.10 Å². The predicted octanol–water partition coefficient (Wildman–Crippen LogP) is 4.39. The van der Waals surface area contributed by atoms with Crippen LogP contribution in [0.3, 0.4) is 0 Å². The molecule has 1 fully saturated rings. The molecule has 1 aliphatic rings. The molecule has 0 N–H and O–H groups in total. The highest BCUT2D eigenvalue weighted by Gasteiger charge is 2.53. The lowest BCUT2D eigenvalue weighted by Crippen LogP contribution is -2.37. The molecule has 4 rings (SSSR count). The molecule has 1 heterocycles. The third-order valence-electron chi connectivity index (χ3n) is 5.51. The average Bonchev–Trinajstić information content (AvgIpc) is 3.22. The van der Waals surface area contributed by atoms with E-state index in [-0.39, 0.29) is 11.5 Å². The van der Waals surface area contributed by atoms with Crippen LogP contribution in [0.15, 0.2) is 83.8 Å². The topological polar surface area (TPSA) is 99.2 Å². The maximum Gasteiger partial charge on any atom is 0.425 e. The first-order chi connectivity index (χ1) is 16.8. The van der Waals surface area contributed by atoms with Gasteiger partial charge in [-0.1, -0.05) is 60.2 Å². The summed E-state index contributed by atoms with van der Waals surface area (Å²) >= 11 is 0. The fourth-order valence-electron chi connectivity index (χ4n) is 3.75. The van der Waals surface area contributed by atoms with E-state index in [0.29, 0.717) is 22.2 Å². The fraction of sp³-hybridized carbons (Fsp3) is 0.231. The van der Waals surface area contributed by atoms with Crippen LogP contribution < -0.4 is 4.74 Å². The lowest BCUT2D eigenvalue weighted by Gasteiger charge is -2.24. The zero-order valence-electron chi connectivity index (χ0n) is 19.3. The molecule has 0 unspecified atom stereocenters. The number of hydrogen-bond donors (Lipinski definition) is 0. The molecule has 182 valence electrons. The molecule has 0 aliphatic carbocycles. The number of sulfonamides is 1. The van der Waals surface area contributed by atoms with Crippen molar-refractivity contribution in [1.82, 2.24) is 4.31 Å². The summed E-state index contributed by atoms with van der Waals surface area (Å²) in [5.41, 5.74) is 2.24. The number of aryl methyl sites for hydroxylation is 1. The van der Waals surface area contributed by atoms with Crippen molar-refractivity contribution in [3.8, 4) is 5.75 Å². The van der Waals surface area contributed by atoms with Gasteiger partial charge >= 0.3 is 12.1 Å². The highest BCUT2D eigenvalue weighted by molar-refractivity contribution is 7.89. The lowest BCUT2D eigenvalue weighted by atomic mass is 10.0. The van der Waals surface area contributed by atoms with Gasteiger partial charge in [0.25, 0.3) is 10.0 Å². The quantitative estimate of drug-likeness (QED) is 0.428. The van der Waals surface area contributed by atoms with Gasteiger partial charge in [-0.2, -0.15) is 4.31 Å². The number of amides is 1. The number of carbonyl (C=O) groups excluding carboxylic acids is 2. The van der Waals surface area contributed by atoms with E-state index in [2.05, 4.69) is 0 Å². The molecule has 1 saturated heterocycles. The zero-order chi connectivity index (χ0) is 25.0. The summed E-state index contributed by atoms with van der Waals surface area (Å²) in [6.45, 7) is 3.84. The Kier molecular flexibility index (Phi) is 7.07. The van der Waals surface area contributed by atoms with Crippen LogP contribution in [-0.4, -0.2) is 37.5 Å². The van der Waals surface area contributed by atoms with Gasteiger partial charge < -0.3 is 14.2 Å². The number of nitrogens with zero attached hydrogens (tertiary/aromatic N) is 1. The van der Waals surface area contributed by atoms with E-state index in [0.717, 1.165) is 11.1 Å². The third kappa shape index (κ3) is 5.14. The van der Waals surface area contributed by atoms with Crippen LogP contribution in [0.25, 0.3) is 0 Å². The molecule has 0 radical (unpaired) electrons. The predicted molar refractivity (Wildman–Crippen MR) is 127 cm³/mol. The summed E-state index contributed by atoms with van der Waals surface area (Å²) in [5.74, 6) is -0.277. The number of carbonyl (C=O) groups is 2. The molecular weight excluding hydrogens is 470 g/mol. The summed E-state index contributed by atoms with van der Waals surface area (Å²) in [6, 6.07) is 21.0. The minimum absolute atomic E-state index is 0.0522. The smallest absolute Gasteiger partial charge is 0.425 e. The molecule has 0 aromatic heterocycles. The molecule has 35 heavy (non-hydrogen) atoms. The zero-order valence-corrected chi connectivity index (χ0v) is 20.1. The van der Waals surface area contributed by atoms with Crippen molar-refractivity contribution in [3.05, 3.63) is 95.6 Å². The number of ether oxygens (including phenoxy) is 3. The van der Waals surface area contributed by atoms with Crippen molar-refractivity contribution in [2.75, 3.05) is 6.61 Å². The Bertz CT molecular complexity index is 1290. The Hall–Kier alpha value is -3.85. The van der Waals surface area contributed by atoms with Crippen molar-refractivity contribution in [2.45, 2.75) is 37.5 Å². The minimum Gasteiger partial charge on any atom is -0.489 e. The maximum absolute atomic E-state index is 13.4. The molecule has 8 nitrogen and oxygen atoms in total. The monoisotopic (exact) mass is 495 g/mol. The van der Waals surface area contributed by atoms with Crippen molar-refractivity contribution < 1.29 is 32.2 Å². The largest absolute Gasteiger partial charge is 0.489 e. The Morgan fingerprint density at radius 1 is 0.971 bits per heavy atom. The van der Waals surface area contributed by atoms with Crippen molar-refractivity contribution in [1.29, 1.82) is 0 Å². The number of cyclic esters (lactones) is 1. The van der Waals surface area contributed by atoms with Crippen LogP contribution in [0.1, 0.15) is 29.7 Å². The number of rotatable bonds is 8. The highest BCUT2D eigenvalue weighted by Crippen LogP contribution is 2.39. The number of esters is 1. The summed E-state index contributed by atoms with van der Waals surface area (Å²) in [6.07, 6.45) is -2.59. The van der Waals surface area contributed by atoms with E-state index in [9.17, 15) is 18.0 Å². The van der Waals surface area contributed by atoms with Crippen molar-refractivity contribution in [2.24, 2.45) is 0 Å². The molecule has 3 aromatic carbocycles. The summed E-state index contributed by atoms with van der Waals surface area (Å²) in [4.78, 5) is 25.3. The maximum atomic E-state index is 13.4. The standard InChI is InChI=1S/C26H25NO7S/c1-3-32-25(28)24-23(20-11-13-21(14-12-20)33-17-19-7-5-4-6-8-19)27(26(29)34-24)35(30,31)22-15-9-18(2)10-16-22/h4-16,23-24H,3,17H2,1-2H3/t23-,24-/m1/s1. The van der Waals surface area contributed by atoms with E-state index < -0.39 is 34.2 Å². The Balaban J connectivity index is 1.66. The lowest BCUT2D eigenvalue weighted by molar-refractivity contribution is -0.152. The van der Waals surface area contributed by atoms with E-state index in [4.69, 9.17) is 14.2 Å². The third-order valence-corrected chi connectivity index (χ3v) is 7.28. The van der Waals surface area contributed by atoms with Gasteiger partial charge in [0.15, 0.2) is 0 Å². The van der Waals surface area contributed by atoms with Crippen LogP contribution >= 0.6 is 0 Å². The first-order valence-corrected chi connectivity index (χ1v) is 12.5. The first-order valence-electron chi connectivity index (χ1n) is 11.1. The van der Waals surface area contributed by atoms with Gasteiger partial charge in [-0.3, -0.25) is 0 Å². The van der Waals surface area contributed by atoms with E-state index in [1.165, 1.54) is 12.1 Å². The summed E-state index contributed by atoms with van der Waals surface area (Å²) < 4.78 is 43.6. The highest BCUT2D eigenvalue weighted by atomic mass is 32.2. The molecule has 9 heteroatoms. The van der Waals surface area contributed by atoms with Crippen LogP contribution in [0.2, 0.25) is 0 Å². The van der Waals surface area contributed by atoms with Crippen LogP contribution in [-0.2, 0) is 30.9 Å². The summed E-state index contributed by atoms with van der Waals surface area (Å²) in [5, 5.41) is 0. The van der Waals surface area contributed by atoms with Gasteiger partial charge in [0, 0.05) is 0 Å². The normalized spacial score (nSPS) is 17.7. The van der Waals surface area contributed by atoms with Crippen LogP contribution in [0.4, 0.5) is 4.79 Å². The second-order valence-electron chi connectivity index (χ2n) is 7.96. The molecular formula is C26H25NO7S. The van der Waals surface area contributed by atoms with Gasteiger partial charge in [-0.15, -0.1) is 0 Å². The van der Waals surface area contributed by atoms with Gasteiger partial charge in [-0.25, -0.2) is 18.0 Å². The van der Waals surface area contributed by atoms with Gasteiger partial charge in [0.05, 0.1) is 11.5 Å². The van der Waals surface area contributed by atoms with Crippen LogP contribution in [0.5, 0.6) is 5.75 Å². The number of benzene rings is 3. The van der Waals surface area contributed by atoms with E-state index in [1.54, 1.807) is 43.3 Å². The molecule has 0 saturated carbocycles. The molecule has 3 aromatic rings. The molecule has 1 aliphatic heterocycles. The van der Waals surface area contributed by atoms with Gasteiger partial charge in [-0.05, 0) is 49.2 Å². The fourth-order valence-corrected chi connectivity index (χ4v) is 5.22. The average molecular weight is 496 g/mol. The van der Waals surface area contributed by atoms with Crippen LogP contribution in [0, 0.1) is 6.92 Å². The Morgan fingerprint density at radius 3 is 2.26 bits per heavy atom.